The smallest absolute Gasteiger partial charge is 0.158 e. The molecular weight excluding hydrogens is 296 g/mol. The molecule has 0 aliphatic heterocycles. The van der Waals surface area contributed by atoms with E-state index < -0.39 is 0 Å². The summed E-state index contributed by atoms with van der Waals surface area (Å²) in [7, 11) is 1.84. The maximum absolute atomic E-state index is 4.28. The molecule has 0 spiro atoms. The van der Waals surface area contributed by atoms with Crippen LogP contribution in [0.1, 0.15) is 18.1 Å². The summed E-state index contributed by atoms with van der Waals surface area (Å²) < 4.78 is 2.37. The van der Waals surface area contributed by atoms with Crippen molar-refractivity contribution in [3.8, 4) is 11.4 Å². The van der Waals surface area contributed by atoms with Crippen LogP contribution in [-0.2, 0) is 7.05 Å². The molecule has 0 saturated carbocycles. The van der Waals surface area contributed by atoms with Gasteiger partial charge in [0.05, 0.1) is 0 Å². The van der Waals surface area contributed by atoms with Crippen molar-refractivity contribution in [3.63, 3.8) is 0 Å². The van der Waals surface area contributed by atoms with E-state index >= 15 is 0 Å². The van der Waals surface area contributed by atoms with E-state index in [0.29, 0.717) is 4.60 Å². The van der Waals surface area contributed by atoms with Gasteiger partial charge in [-0.25, -0.2) is 4.68 Å². The van der Waals surface area contributed by atoms with Crippen molar-refractivity contribution in [2.24, 2.45) is 7.05 Å². The summed E-state index contributed by atoms with van der Waals surface area (Å²) in [5, 5.41) is 19.6. The van der Waals surface area contributed by atoms with Crippen LogP contribution in [0.25, 0.3) is 11.4 Å². The van der Waals surface area contributed by atoms with E-state index in [2.05, 4.69) is 41.8 Å². The SMILES string of the molecule is CCNc1nnc(-c2c(Br)nnn2C)c(C)c1C. The van der Waals surface area contributed by atoms with Crippen molar-refractivity contribution in [3.05, 3.63) is 15.7 Å². The molecule has 1 N–H and O–H groups in total. The second-order valence-corrected chi connectivity index (χ2v) is 4.78. The summed E-state index contributed by atoms with van der Waals surface area (Å²) in [6.07, 6.45) is 0. The van der Waals surface area contributed by atoms with Crippen LogP contribution in [0, 0.1) is 13.8 Å². The van der Waals surface area contributed by atoms with Crippen molar-refractivity contribution in [1.82, 2.24) is 25.2 Å². The van der Waals surface area contributed by atoms with Gasteiger partial charge in [0.25, 0.3) is 0 Å². The molecule has 0 amide bonds. The number of aromatic nitrogens is 5. The molecule has 0 fully saturated rings. The van der Waals surface area contributed by atoms with Gasteiger partial charge in [0, 0.05) is 13.6 Å². The summed E-state index contributed by atoms with van der Waals surface area (Å²) in [4.78, 5) is 0. The second kappa shape index (κ2) is 5.01. The number of hydrogen-bond donors (Lipinski definition) is 1. The van der Waals surface area contributed by atoms with E-state index in [-0.39, 0.29) is 0 Å². The van der Waals surface area contributed by atoms with Crippen molar-refractivity contribution < 1.29 is 0 Å². The van der Waals surface area contributed by atoms with Gasteiger partial charge in [0.2, 0.25) is 0 Å². The molecule has 0 saturated heterocycles. The maximum atomic E-state index is 4.28. The van der Waals surface area contributed by atoms with E-state index in [1.807, 2.05) is 27.8 Å². The topological polar surface area (TPSA) is 68.5 Å². The lowest BCUT2D eigenvalue weighted by molar-refractivity contribution is 0.717. The monoisotopic (exact) mass is 310 g/mol. The van der Waals surface area contributed by atoms with E-state index in [9.17, 15) is 0 Å². The Morgan fingerprint density at radius 3 is 2.44 bits per heavy atom. The first kappa shape index (κ1) is 12.9. The molecule has 96 valence electrons. The minimum atomic E-state index is 0.679. The number of anilines is 1. The zero-order chi connectivity index (χ0) is 13.3. The van der Waals surface area contributed by atoms with Gasteiger partial charge in [0.15, 0.2) is 10.4 Å². The molecule has 0 aliphatic carbocycles. The highest BCUT2D eigenvalue weighted by Crippen LogP contribution is 2.29. The van der Waals surface area contributed by atoms with Crippen molar-refractivity contribution in [1.29, 1.82) is 0 Å². The van der Waals surface area contributed by atoms with Crippen LogP contribution in [0.15, 0.2) is 4.60 Å². The van der Waals surface area contributed by atoms with Gasteiger partial charge in [-0.15, -0.1) is 15.3 Å². The predicted octanol–water partition coefficient (Wildman–Crippen LogP) is 2.08. The summed E-state index contributed by atoms with van der Waals surface area (Å²) in [5.74, 6) is 0.824. The first-order chi connectivity index (χ1) is 8.56. The summed E-state index contributed by atoms with van der Waals surface area (Å²) >= 11 is 3.38. The number of hydrogen-bond acceptors (Lipinski definition) is 5. The molecule has 6 nitrogen and oxygen atoms in total. The fraction of sp³-hybridized carbons (Fsp3) is 0.455. The van der Waals surface area contributed by atoms with Crippen LogP contribution in [0.3, 0.4) is 0 Å². The number of aryl methyl sites for hydroxylation is 1. The quantitative estimate of drug-likeness (QED) is 0.940. The molecule has 2 rings (SSSR count). The van der Waals surface area contributed by atoms with Crippen LogP contribution in [0.5, 0.6) is 0 Å². The van der Waals surface area contributed by atoms with Gasteiger partial charge < -0.3 is 5.32 Å². The highest BCUT2D eigenvalue weighted by atomic mass is 79.9. The summed E-state index contributed by atoms with van der Waals surface area (Å²) in [5.41, 5.74) is 3.81. The third-order valence-electron chi connectivity index (χ3n) is 2.88. The molecule has 2 aromatic rings. The fourth-order valence-electron chi connectivity index (χ4n) is 1.75. The Bertz CT molecular complexity index is 558. The largest absolute Gasteiger partial charge is 0.369 e. The average molecular weight is 311 g/mol. The van der Waals surface area contributed by atoms with Crippen LogP contribution in [0.4, 0.5) is 5.82 Å². The van der Waals surface area contributed by atoms with Gasteiger partial charge in [-0.05, 0) is 47.8 Å². The Kier molecular flexibility index (Phi) is 3.60. The van der Waals surface area contributed by atoms with Crippen molar-refractivity contribution >= 4 is 21.7 Å². The molecule has 2 heterocycles. The molecule has 0 aliphatic rings. The molecule has 18 heavy (non-hydrogen) atoms. The fourth-order valence-corrected chi connectivity index (χ4v) is 2.26. The molecule has 2 aromatic heterocycles. The molecule has 0 unspecified atom stereocenters. The lowest BCUT2D eigenvalue weighted by Gasteiger charge is -2.11. The standard InChI is InChI=1S/C11H15BrN6/c1-5-13-11-7(3)6(2)8(14-16-11)9-10(12)15-17-18(9)4/h5H2,1-4H3,(H,13,16). The van der Waals surface area contributed by atoms with Crippen LogP contribution >= 0.6 is 15.9 Å². The van der Waals surface area contributed by atoms with Gasteiger partial charge >= 0.3 is 0 Å². The first-order valence-corrected chi connectivity index (χ1v) is 6.48. The Balaban J connectivity index is 2.57. The molecule has 7 heteroatoms. The lowest BCUT2D eigenvalue weighted by Crippen LogP contribution is -2.07. The van der Waals surface area contributed by atoms with Crippen LogP contribution in [0.2, 0.25) is 0 Å². The predicted molar refractivity (Wildman–Crippen MR) is 73.4 cm³/mol. The molecule has 0 bridgehead atoms. The lowest BCUT2D eigenvalue weighted by atomic mass is 10.1. The summed E-state index contributed by atoms with van der Waals surface area (Å²) in [6, 6.07) is 0. The van der Waals surface area contributed by atoms with Crippen molar-refractivity contribution in [2.75, 3.05) is 11.9 Å². The normalized spacial score (nSPS) is 10.7. The third-order valence-corrected chi connectivity index (χ3v) is 3.41. The summed E-state index contributed by atoms with van der Waals surface area (Å²) in [6.45, 7) is 6.92. The van der Waals surface area contributed by atoms with Crippen LogP contribution < -0.4 is 5.32 Å². The number of halogens is 1. The molecule has 0 radical (unpaired) electrons. The minimum absolute atomic E-state index is 0.679. The first-order valence-electron chi connectivity index (χ1n) is 5.69. The van der Waals surface area contributed by atoms with Crippen LogP contribution in [-0.4, -0.2) is 31.7 Å². The van der Waals surface area contributed by atoms with E-state index in [0.717, 1.165) is 34.9 Å². The van der Waals surface area contributed by atoms with Gasteiger partial charge in [-0.2, -0.15) is 0 Å². The van der Waals surface area contributed by atoms with E-state index in [1.54, 1.807) is 4.68 Å². The Hall–Kier alpha value is -1.50. The van der Waals surface area contributed by atoms with Crippen molar-refractivity contribution in [2.45, 2.75) is 20.8 Å². The highest BCUT2D eigenvalue weighted by Gasteiger charge is 2.17. The van der Waals surface area contributed by atoms with Gasteiger partial charge in [0.1, 0.15) is 11.4 Å². The Labute approximate surface area is 114 Å². The number of rotatable bonds is 3. The number of nitrogens with zero attached hydrogens (tertiary/aromatic N) is 5. The van der Waals surface area contributed by atoms with Gasteiger partial charge in [-0.3, -0.25) is 0 Å². The average Bonchev–Trinajstić information content (AvgIpc) is 2.67. The zero-order valence-corrected chi connectivity index (χ0v) is 12.4. The second-order valence-electron chi connectivity index (χ2n) is 4.03. The maximum Gasteiger partial charge on any atom is 0.158 e. The third kappa shape index (κ3) is 2.10. The van der Waals surface area contributed by atoms with E-state index in [1.165, 1.54) is 0 Å². The Morgan fingerprint density at radius 1 is 1.17 bits per heavy atom. The zero-order valence-electron chi connectivity index (χ0n) is 10.8. The Morgan fingerprint density at radius 2 is 1.89 bits per heavy atom. The molecule has 0 aromatic carbocycles. The highest BCUT2D eigenvalue weighted by molar-refractivity contribution is 9.10. The molecule has 0 atom stereocenters. The molecular formula is C11H15BrN6. The van der Waals surface area contributed by atoms with E-state index in [4.69, 9.17) is 0 Å². The van der Waals surface area contributed by atoms with Gasteiger partial charge in [-0.1, -0.05) is 5.21 Å². The minimum Gasteiger partial charge on any atom is -0.369 e. The number of nitrogens with one attached hydrogen (secondary N) is 1.